The number of hydrogen-bond donors (Lipinski definition) is 0. The Morgan fingerprint density at radius 3 is 2.61 bits per heavy atom. The number of ether oxygens (including phenoxy) is 2. The summed E-state index contributed by atoms with van der Waals surface area (Å²) in [5, 5.41) is 14.9. The standard InChI is InChI=1S/C19H24ClN5O2S/c1-4-24-12-16(18(23-24)27-5-2)17-21-22-19(25(17)10-11-26-3)28-13-14-6-8-15(20)9-7-14/h6-9,12H,4-5,10-11,13H2,1-3H3. The van der Waals surface area contributed by atoms with Gasteiger partial charge >= 0.3 is 0 Å². The molecule has 2 aromatic heterocycles. The molecule has 0 fully saturated rings. The zero-order valence-corrected chi connectivity index (χ0v) is 17.8. The van der Waals surface area contributed by atoms with Crippen LogP contribution in [-0.4, -0.2) is 44.9 Å². The van der Waals surface area contributed by atoms with Crippen LogP contribution in [0.4, 0.5) is 0 Å². The van der Waals surface area contributed by atoms with Crippen molar-refractivity contribution in [3.8, 4) is 17.3 Å². The van der Waals surface area contributed by atoms with E-state index < -0.39 is 0 Å². The van der Waals surface area contributed by atoms with Gasteiger partial charge in [0.2, 0.25) is 5.88 Å². The monoisotopic (exact) mass is 421 g/mol. The Hall–Kier alpha value is -2.03. The molecule has 7 nitrogen and oxygen atoms in total. The van der Waals surface area contributed by atoms with E-state index >= 15 is 0 Å². The Bertz CT molecular complexity index is 894. The van der Waals surface area contributed by atoms with Crippen LogP contribution in [0.2, 0.25) is 5.02 Å². The first-order valence-electron chi connectivity index (χ1n) is 9.16. The Morgan fingerprint density at radius 2 is 1.93 bits per heavy atom. The van der Waals surface area contributed by atoms with Gasteiger partial charge in [0.15, 0.2) is 11.0 Å². The first-order chi connectivity index (χ1) is 13.7. The van der Waals surface area contributed by atoms with Crippen LogP contribution in [0.15, 0.2) is 35.6 Å². The summed E-state index contributed by atoms with van der Waals surface area (Å²) < 4.78 is 14.9. The Morgan fingerprint density at radius 1 is 1.14 bits per heavy atom. The molecule has 0 atom stereocenters. The molecule has 3 aromatic rings. The summed E-state index contributed by atoms with van der Waals surface area (Å²) in [6.45, 7) is 6.48. The second kappa shape index (κ2) is 9.95. The van der Waals surface area contributed by atoms with Gasteiger partial charge in [-0.15, -0.1) is 15.3 Å². The Labute approximate surface area is 174 Å². The van der Waals surface area contributed by atoms with Crippen molar-refractivity contribution >= 4 is 23.4 Å². The molecule has 1 aromatic carbocycles. The molecule has 3 rings (SSSR count). The quantitative estimate of drug-likeness (QED) is 0.458. The SMILES string of the molecule is CCOc1nn(CC)cc1-c1nnc(SCc2ccc(Cl)cc2)n1CCOC. The molecule has 0 saturated heterocycles. The van der Waals surface area contributed by atoms with Crippen LogP contribution in [-0.2, 0) is 23.6 Å². The van der Waals surface area contributed by atoms with Crippen molar-refractivity contribution in [3.05, 3.63) is 41.0 Å². The van der Waals surface area contributed by atoms with Crippen molar-refractivity contribution in [1.82, 2.24) is 24.5 Å². The minimum absolute atomic E-state index is 0.540. The molecule has 0 N–H and O–H groups in total. The smallest absolute Gasteiger partial charge is 0.243 e. The normalized spacial score (nSPS) is 11.1. The predicted molar refractivity (Wildman–Crippen MR) is 111 cm³/mol. The van der Waals surface area contributed by atoms with Gasteiger partial charge in [-0.1, -0.05) is 35.5 Å². The molecule has 28 heavy (non-hydrogen) atoms. The first-order valence-corrected chi connectivity index (χ1v) is 10.5. The van der Waals surface area contributed by atoms with Gasteiger partial charge in [0.25, 0.3) is 0 Å². The van der Waals surface area contributed by atoms with Gasteiger partial charge in [-0.05, 0) is 31.5 Å². The van der Waals surface area contributed by atoms with Crippen LogP contribution in [0.5, 0.6) is 5.88 Å². The van der Waals surface area contributed by atoms with E-state index in [0.717, 1.165) is 33.9 Å². The maximum Gasteiger partial charge on any atom is 0.243 e. The molecule has 0 amide bonds. The minimum atomic E-state index is 0.540. The lowest BCUT2D eigenvalue weighted by molar-refractivity contribution is 0.185. The lowest BCUT2D eigenvalue weighted by Crippen LogP contribution is -2.08. The molecule has 0 unspecified atom stereocenters. The molecule has 2 heterocycles. The second-order valence-electron chi connectivity index (χ2n) is 6.00. The van der Waals surface area contributed by atoms with Gasteiger partial charge in [-0.3, -0.25) is 9.25 Å². The molecule has 9 heteroatoms. The maximum atomic E-state index is 5.97. The first kappa shape index (κ1) is 20.7. The Balaban J connectivity index is 1.89. The molecule has 0 radical (unpaired) electrons. The minimum Gasteiger partial charge on any atom is -0.476 e. The fraction of sp³-hybridized carbons (Fsp3) is 0.421. The van der Waals surface area contributed by atoms with Crippen LogP contribution in [0.25, 0.3) is 11.4 Å². The molecule has 0 aliphatic heterocycles. The molecule has 0 saturated carbocycles. The third-order valence-corrected chi connectivity index (χ3v) is 5.38. The number of methoxy groups -OCH3 is 1. The van der Waals surface area contributed by atoms with E-state index in [1.165, 1.54) is 5.56 Å². The zero-order valence-electron chi connectivity index (χ0n) is 16.3. The summed E-state index contributed by atoms with van der Waals surface area (Å²) in [5.74, 6) is 2.08. The summed E-state index contributed by atoms with van der Waals surface area (Å²) >= 11 is 7.60. The van der Waals surface area contributed by atoms with E-state index in [-0.39, 0.29) is 0 Å². The van der Waals surface area contributed by atoms with E-state index in [1.54, 1.807) is 18.9 Å². The Kier molecular flexibility index (Phi) is 7.36. The van der Waals surface area contributed by atoms with Crippen molar-refractivity contribution in [2.45, 2.75) is 37.8 Å². The number of hydrogen-bond acceptors (Lipinski definition) is 6. The van der Waals surface area contributed by atoms with Crippen LogP contribution >= 0.6 is 23.4 Å². The molecular weight excluding hydrogens is 398 g/mol. The van der Waals surface area contributed by atoms with Crippen LogP contribution in [0, 0.1) is 0 Å². The van der Waals surface area contributed by atoms with E-state index in [0.29, 0.717) is 25.6 Å². The average Bonchev–Trinajstić information content (AvgIpc) is 3.29. The highest BCUT2D eigenvalue weighted by Gasteiger charge is 2.21. The summed E-state index contributed by atoms with van der Waals surface area (Å²) in [6.07, 6.45) is 1.95. The fourth-order valence-electron chi connectivity index (χ4n) is 2.67. The van der Waals surface area contributed by atoms with Crippen molar-refractivity contribution in [3.63, 3.8) is 0 Å². The van der Waals surface area contributed by atoms with Gasteiger partial charge in [0.05, 0.1) is 19.8 Å². The third kappa shape index (κ3) is 4.87. The van der Waals surface area contributed by atoms with Crippen molar-refractivity contribution in [2.75, 3.05) is 20.3 Å². The summed E-state index contributed by atoms with van der Waals surface area (Å²) in [7, 11) is 1.69. The molecule has 150 valence electrons. The number of aromatic nitrogens is 5. The topological polar surface area (TPSA) is 67.0 Å². The highest BCUT2D eigenvalue weighted by atomic mass is 35.5. The van der Waals surface area contributed by atoms with Crippen molar-refractivity contribution in [2.24, 2.45) is 0 Å². The number of nitrogens with zero attached hydrogens (tertiary/aromatic N) is 5. The predicted octanol–water partition coefficient (Wildman–Crippen LogP) is 4.15. The molecule has 0 aliphatic carbocycles. The van der Waals surface area contributed by atoms with Gasteiger partial charge in [0, 0.05) is 30.6 Å². The lowest BCUT2D eigenvalue weighted by Gasteiger charge is -2.10. The van der Waals surface area contributed by atoms with Gasteiger partial charge < -0.3 is 9.47 Å². The maximum absolute atomic E-state index is 5.97. The zero-order chi connectivity index (χ0) is 19.9. The summed E-state index contributed by atoms with van der Waals surface area (Å²) in [5.41, 5.74) is 2.01. The van der Waals surface area contributed by atoms with E-state index in [9.17, 15) is 0 Å². The third-order valence-electron chi connectivity index (χ3n) is 4.09. The number of aryl methyl sites for hydroxylation is 1. The average molecular weight is 422 g/mol. The van der Waals surface area contributed by atoms with Crippen LogP contribution in [0.3, 0.4) is 0 Å². The number of rotatable bonds is 10. The van der Waals surface area contributed by atoms with Crippen molar-refractivity contribution < 1.29 is 9.47 Å². The van der Waals surface area contributed by atoms with Crippen molar-refractivity contribution in [1.29, 1.82) is 0 Å². The highest BCUT2D eigenvalue weighted by Crippen LogP contribution is 2.31. The number of benzene rings is 1. The fourth-order valence-corrected chi connectivity index (χ4v) is 3.72. The van der Waals surface area contributed by atoms with Gasteiger partial charge in [-0.25, -0.2) is 0 Å². The molecule has 0 spiro atoms. The largest absolute Gasteiger partial charge is 0.476 e. The van der Waals surface area contributed by atoms with Crippen LogP contribution < -0.4 is 4.74 Å². The number of halogens is 1. The number of thioether (sulfide) groups is 1. The second-order valence-corrected chi connectivity index (χ2v) is 7.38. The molecule has 0 bridgehead atoms. The van der Waals surface area contributed by atoms with Gasteiger partial charge in [0.1, 0.15) is 5.56 Å². The van der Waals surface area contributed by atoms with E-state index in [4.69, 9.17) is 21.1 Å². The van der Waals surface area contributed by atoms with E-state index in [2.05, 4.69) is 19.9 Å². The van der Waals surface area contributed by atoms with E-state index in [1.807, 2.05) is 49.0 Å². The lowest BCUT2D eigenvalue weighted by atomic mass is 10.2. The highest BCUT2D eigenvalue weighted by molar-refractivity contribution is 7.98. The van der Waals surface area contributed by atoms with Crippen LogP contribution in [0.1, 0.15) is 19.4 Å². The summed E-state index contributed by atoms with van der Waals surface area (Å²) in [4.78, 5) is 0. The molecular formula is C19H24ClN5O2S. The summed E-state index contributed by atoms with van der Waals surface area (Å²) in [6, 6.07) is 7.83. The van der Waals surface area contributed by atoms with Gasteiger partial charge in [-0.2, -0.15) is 0 Å². The molecule has 0 aliphatic rings.